The van der Waals surface area contributed by atoms with Crippen molar-refractivity contribution in [3.05, 3.63) is 64.1 Å². The summed E-state index contributed by atoms with van der Waals surface area (Å²) in [6.45, 7) is 0. The highest BCUT2D eigenvalue weighted by Crippen LogP contribution is 2.25. The summed E-state index contributed by atoms with van der Waals surface area (Å²) in [5.74, 6) is 0.591. The van der Waals surface area contributed by atoms with Crippen LogP contribution in [0.1, 0.15) is 0 Å². The van der Waals surface area contributed by atoms with Crippen LogP contribution in [0.25, 0.3) is 16.9 Å². The molecule has 2 aromatic carbocycles. The summed E-state index contributed by atoms with van der Waals surface area (Å²) in [7, 11) is 0. The van der Waals surface area contributed by atoms with Gasteiger partial charge in [-0.15, -0.1) is 0 Å². The van der Waals surface area contributed by atoms with E-state index < -0.39 is 0 Å². The van der Waals surface area contributed by atoms with Gasteiger partial charge in [0.25, 0.3) is 0 Å². The van der Waals surface area contributed by atoms with E-state index in [9.17, 15) is 0 Å². The van der Waals surface area contributed by atoms with Crippen molar-refractivity contribution in [2.75, 3.05) is 5.73 Å². The molecular weight excluding hydrogens is 338 g/mol. The number of nitrogens with zero attached hydrogens (tertiary/aromatic N) is 2. The third-order valence-electron chi connectivity index (χ3n) is 2.93. The summed E-state index contributed by atoms with van der Waals surface area (Å²) >= 11 is 9.34. The molecule has 20 heavy (non-hydrogen) atoms. The topological polar surface area (TPSA) is 43.8 Å². The van der Waals surface area contributed by atoms with Crippen LogP contribution in [0.5, 0.6) is 0 Å². The van der Waals surface area contributed by atoms with Crippen molar-refractivity contribution in [2.24, 2.45) is 0 Å². The molecule has 0 bridgehead atoms. The van der Waals surface area contributed by atoms with Gasteiger partial charge < -0.3 is 5.73 Å². The lowest BCUT2D eigenvalue weighted by molar-refractivity contribution is 0.894. The van der Waals surface area contributed by atoms with Gasteiger partial charge in [-0.2, -0.15) is 5.10 Å². The minimum atomic E-state index is 0.591. The molecule has 0 unspecified atom stereocenters. The Morgan fingerprint density at radius 3 is 2.50 bits per heavy atom. The van der Waals surface area contributed by atoms with Crippen LogP contribution in [-0.2, 0) is 0 Å². The van der Waals surface area contributed by atoms with Gasteiger partial charge in [0, 0.05) is 21.1 Å². The first-order valence-corrected chi connectivity index (χ1v) is 7.18. The van der Waals surface area contributed by atoms with Crippen molar-refractivity contribution in [3.8, 4) is 16.9 Å². The van der Waals surface area contributed by atoms with Crippen LogP contribution in [0.2, 0.25) is 5.02 Å². The number of anilines is 1. The molecule has 3 rings (SSSR count). The first kappa shape index (κ1) is 13.2. The van der Waals surface area contributed by atoms with Crippen LogP contribution in [0, 0.1) is 0 Å². The second kappa shape index (κ2) is 5.31. The third-order valence-corrected chi connectivity index (χ3v) is 3.67. The predicted octanol–water partition coefficient (Wildman–Crippen LogP) is 4.54. The van der Waals surface area contributed by atoms with Crippen molar-refractivity contribution in [1.82, 2.24) is 9.78 Å². The normalized spacial score (nSPS) is 10.7. The van der Waals surface area contributed by atoms with E-state index in [1.54, 1.807) is 4.68 Å². The molecule has 0 aliphatic carbocycles. The zero-order valence-electron chi connectivity index (χ0n) is 10.4. The van der Waals surface area contributed by atoms with Crippen LogP contribution in [0.4, 0.5) is 5.82 Å². The average molecular weight is 349 g/mol. The minimum Gasteiger partial charge on any atom is -0.384 e. The van der Waals surface area contributed by atoms with Crippen molar-refractivity contribution >= 4 is 33.3 Å². The van der Waals surface area contributed by atoms with Crippen molar-refractivity contribution in [1.29, 1.82) is 0 Å². The first-order valence-electron chi connectivity index (χ1n) is 6.01. The highest BCUT2D eigenvalue weighted by atomic mass is 79.9. The number of benzene rings is 2. The van der Waals surface area contributed by atoms with Crippen LogP contribution >= 0.6 is 27.5 Å². The van der Waals surface area contributed by atoms with Crippen LogP contribution in [-0.4, -0.2) is 9.78 Å². The van der Waals surface area contributed by atoms with Gasteiger partial charge in [-0.05, 0) is 30.3 Å². The Hall–Kier alpha value is -1.78. The molecular formula is C15H11BrClN3. The van der Waals surface area contributed by atoms with Gasteiger partial charge in [-0.3, -0.25) is 0 Å². The van der Waals surface area contributed by atoms with E-state index in [4.69, 9.17) is 17.3 Å². The molecule has 0 aliphatic rings. The SMILES string of the molecule is Nc1cc(-c2ccc(Cl)cc2)nn1-c1cccc(Br)c1. The molecule has 0 spiro atoms. The van der Waals surface area contributed by atoms with Crippen molar-refractivity contribution in [3.63, 3.8) is 0 Å². The van der Waals surface area contributed by atoms with Crippen molar-refractivity contribution in [2.45, 2.75) is 0 Å². The number of nitrogens with two attached hydrogens (primary N) is 1. The van der Waals surface area contributed by atoms with Crippen molar-refractivity contribution < 1.29 is 0 Å². The average Bonchev–Trinajstić information content (AvgIpc) is 2.82. The Kier molecular flexibility index (Phi) is 3.51. The maximum absolute atomic E-state index is 6.05. The fourth-order valence-electron chi connectivity index (χ4n) is 1.97. The van der Waals surface area contributed by atoms with E-state index in [2.05, 4.69) is 21.0 Å². The Labute approximate surface area is 130 Å². The van der Waals surface area contributed by atoms with E-state index in [0.717, 1.165) is 21.4 Å². The summed E-state index contributed by atoms with van der Waals surface area (Å²) in [5, 5.41) is 5.25. The standard InChI is InChI=1S/C15H11BrClN3/c16-11-2-1-3-13(8-11)20-15(18)9-14(19-20)10-4-6-12(17)7-5-10/h1-9H,18H2. The third kappa shape index (κ3) is 2.57. The number of rotatable bonds is 2. The minimum absolute atomic E-state index is 0.591. The molecule has 2 N–H and O–H groups in total. The largest absolute Gasteiger partial charge is 0.384 e. The molecule has 0 atom stereocenters. The summed E-state index contributed by atoms with van der Waals surface area (Å²) in [4.78, 5) is 0. The molecule has 0 fully saturated rings. The first-order chi connectivity index (χ1) is 9.63. The van der Waals surface area contributed by atoms with Crippen LogP contribution in [0.3, 0.4) is 0 Å². The molecule has 0 saturated carbocycles. The van der Waals surface area contributed by atoms with Gasteiger partial charge in [0.05, 0.1) is 11.4 Å². The Balaban J connectivity index is 2.05. The molecule has 3 nitrogen and oxygen atoms in total. The number of nitrogen functional groups attached to an aromatic ring is 1. The van der Waals surface area contributed by atoms with E-state index >= 15 is 0 Å². The summed E-state index contributed by atoms with van der Waals surface area (Å²) in [6, 6.07) is 17.2. The second-order valence-electron chi connectivity index (χ2n) is 4.35. The fraction of sp³-hybridized carbons (Fsp3) is 0. The summed E-state index contributed by atoms with van der Waals surface area (Å²) in [6.07, 6.45) is 0. The maximum atomic E-state index is 6.05. The van der Waals surface area contributed by atoms with E-state index in [1.807, 2.05) is 54.6 Å². The molecule has 5 heteroatoms. The smallest absolute Gasteiger partial charge is 0.127 e. The van der Waals surface area contributed by atoms with Gasteiger partial charge in [0.15, 0.2) is 0 Å². The molecule has 0 radical (unpaired) electrons. The predicted molar refractivity (Wildman–Crippen MR) is 86.1 cm³/mol. The Morgan fingerprint density at radius 1 is 1.05 bits per heavy atom. The van der Waals surface area contributed by atoms with Gasteiger partial charge in [0.2, 0.25) is 0 Å². The quantitative estimate of drug-likeness (QED) is 0.739. The summed E-state index contributed by atoms with van der Waals surface area (Å²) < 4.78 is 2.70. The number of halogens is 2. The summed E-state index contributed by atoms with van der Waals surface area (Å²) in [5.41, 5.74) is 8.76. The van der Waals surface area contributed by atoms with E-state index in [0.29, 0.717) is 10.8 Å². The second-order valence-corrected chi connectivity index (χ2v) is 5.71. The molecule has 1 heterocycles. The lowest BCUT2D eigenvalue weighted by Gasteiger charge is -2.04. The van der Waals surface area contributed by atoms with Crippen LogP contribution < -0.4 is 5.73 Å². The zero-order valence-corrected chi connectivity index (χ0v) is 12.8. The highest BCUT2D eigenvalue weighted by molar-refractivity contribution is 9.10. The Bertz CT molecular complexity index is 750. The zero-order chi connectivity index (χ0) is 14.1. The molecule has 0 amide bonds. The molecule has 0 saturated heterocycles. The van der Waals surface area contributed by atoms with Crippen LogP contribution in [0.15, 0.2) is 59.1 Å². The molecule has 100 valence electrons. The number of hydrogen-bond acceptors (Lipinski definition) is 2. The van der Waals surface area contributed by atoms with E-state index in [-0.39, 0.29) is 0 Å². The number of aromatic nitrogens is 2. The molecule has 0 aliphatic heterocycles. The fourth-order valence-corrected chi connectivity index (χ4v) is 2.49. The van der Waals surface area contributed by atoms with Gasteiger partial charge in [-0.25, -0.2) is 4.68 Å². The molecule has 3 aromatic rings. The van der Waals surface area contributed by atoms with Gasteiger partial charge in [0.1, 0.15) is 5.82 Å². The maximum Gasteiger partial charge on any atom is 0.127 e. The molecule has 1 aromatic heterocycles. The van der Waals surface area contributed by atoms with E-state index in [1.165, 1.54) is 0 Å². The lowest BCUT2D eigenvalue weighted by atomic mass is 10.1. The van der Waals surface area contributed by atoms with Gasteiger partial charge in [-0.1, -0.05) is 45.7 Å². The lowest BCUT2D eigenvalue weighted by Crippen LogP contribution is -2.01. The highest BCUT2D eigenvalue weighted by Gasteiger charge is 2.09. The Morgan fingerprint density at radius 2 is 1.80 bits per heavy atom. The van der Waals surface area contributed by atoms with Gasteiger partial charge >= 0.3 is 0 Å². The number of hydrogen-bond donors (Lipinski definition) is 1. The monoisotopic (exact) mass is 347 g/mol.